The Balaban J connectivity index is 1.63. The van der Waals surface area contributed by atoms with E-state index in [1.165, 1.54) is 11.3 Å². The Labute approximate surface area is 166 Å². The van der Waals surface area contributed by atoms with Crippen LogP contribution in [0, 0.1) is 6.92 Å². The summed E-state index contributed by atoms with van der Waals surface area (Å²) in [6.45, 7) is 2.64. The number of nitrogens with zero attached hydrogens (tertiary/aromatic N) is 2. The SMILES string of the molecule is COc1cccc(COC(=O)c2sc3nc4n(c(=O)c3c2C)CCCCC4)c1. The number of aromatic nitrogens is 2. The van der Waals surface area contributed by atoms with E-state index in [9.17, 15) is 9.59 Å². The first-order valence-electron chi connectivity index (χ1n) is 9.41. The summed E-state index contributed by atoms with van der Waals surface area (Å²) in [6, 6.07) is 7.39. The molecule has 2 aromatic heterocycles. The van der Waals surface area contributed by atoms with Gasteiger partial charge in [0, 0.05) is 13.0 Å². The van der Waals surface area contributed by atoms with Crippen molar-refractivity contribution in [2.24, 2.45) is 0 Å². The molecule has 0 bridgehead atoms. The van der Waals surface area contributed by atoms with Crippen LogP contribution in [0.1, 0.15) is 45.9 Å². The molecule has 1 aliphatic heterocycles. The zero-order valence-corrected chi connectivity index (χ0v) is 16.8. The molecule has 0 saturated heterocycles. The molecule has 0 unspecified atom stereocenters. The monoisotopic (exact) mass is 398 g/mol. The summed E-state index contributed by atoms with van der Waals surface area (Å²) in [5.74, 6) is 1.11. The summed E-state index contributed by atoms with van der Waals surface area (Å²) in [5, 5.41) is 0.545. The highest BCUT2D eigenvalue weighted by Gasteiger charge is 2.23. The number of carbonyl (C=O) groups is 1. The number of benzene rings is 1. The molecule has 7 heteroatoms. The third-order valence-electron chi connectivity index (χ3n) is 5.10. The van der Waals surface area contributed by atoms with E-state index in [2.05, 4.69) is 0 Å². The van der Waals surface area contributed by atoms with Gasteiger partial charge in [0.1, 0.15) is 27.9 Å². The lowest BCUT2D eigenvalue weighted by atomic mass is 10.2. The largest absolute Gasteiger partial charge is 0.497 e. The van der Waals surface area contributed by atoms with Gasteiger partial charge in [-0.2, -0.15) is 0 Å². The molecular weight excluding hydrogens is 376 g/mol. The number of fused-ring (bicyclic) bond motifs is 2. The van der Waals surface area contributed by atoms with Crippen LogP contribution in [0.3, 0.4) is 0 Å². The second kappa shape index (κ2) is 7.75. The van der Waals surface area contributed by atoms with E-state index >= 15 is 0 Å². The number of aryl methyl sites for hydroxylation is 2. The Morgan fingerprint density at radius 3 is 2.96 bits per heavy atom. The molecule has 0 aliphatic carbocycles. The van der Waals surface area contributed by atoms with Crippen LogP contribution in [-0.4, -0.2) is 22.6 Å². The second-order valence-corrected chi connectivity index (χ2v) is 7.96. The van der Waals surface area contributed by atoms with Crippen molar-refractivity contribution in [3.05, 3.63) is 56.4 Å². The van der Waals surface area contributed by atoms with Crippen molar-refractivity contribution in [3.8, 4) is 5.75 Å². The highest BCUT2D eigenvalue weighted by atomic mass is 32.1. The van der Waals surface area contributed by atoms with Crippen molar-refractivity contribution in [1.29, 1.82) is 0 Å². The Morgan fingerprint density at radius 1 is 1.29 bits per heavy atom. The van der Waals surface area contributed by atoms with Crippen molar-refractivity contribution < 1.29 is 14.3 Å². The zero-order chi connectivity index (χ0) is 19.7. The van der Waals surface area contributed by atoms with Crippen molar-refractivity contribution in [3.63, 3.8) is 0 Å². The quantitative estimate of drug-likeness (QED) is 0.624. The van der Waals surface area contributed by atoms with Gasteiger partial charge >= 0.3 is 5.97 Å². The summed E-state index contributed by atoms with van der Waals surface area (Å²) in [5.41, 5.74) is 1.46. The van der Waals surface area contributed by atoms with E-state index in [1.54, 1.807) is 18.6 Å². The lowest BCUT2D eigenvalue weighted by molar-refractivity contribution is 0.0477. The number of carbonyl (C=O) groups excluding carboxylic acids is 1. The molecule has 1 aliphatic rings. The smallest absolute Gasteiger partial charge is 0.349 e. The van der Waals surface area contributed by atoms with Crippen molar-refractivity contribution in [2.45, 2.75) is 45.8 Å². The number of methoxy groups -OCH3 is 1. The minimum absolute atomic E-state index is 0.0394. The molecule has 0 spiro atoms. The number of rotatable bonds is 4. The topological polar surface area (TPSA) is 70.4 Å². The maximum absolute atomic E-state index is 13.0. The maximum atomic E-state index is 13.0. The van der Waals surface area contributed by atoms with Gasteiger partial charge in [-0.1, -0.05) is 18.6 Å². The number of thiophene rings is 1. The zero-order valence-electron chi connectivity index (χ0n) is 16.0. The number of esters is 1. The molecule has 0 saturated carbocycles. The fourth-order valence-corrected chi connectivity index (χ4v) is 4.67. The molecule has 0 fully saturated rings. The molecule has 1 aromatic carbocycles. The first kappa shape index (κ1) is 18.7. The Hall–Kier alpha value is -2.67. The summed E-state index contributed by atoms with van der Waals surface area (Å²) in [7, 11) is 1.60. The number of ether oxygens (including phenoxy) is 2. The first-order chi connectivity index (χ1) is 13.6. The molecule has 0 N–H and O–H groups in total. The summed E-state index contributed by atoms with van der Waals surface area (Å²) in [4.78, 5) is 31.4. The molecule has 0 atom stereocenters. The first-order valence-corrected chi connectivity index (χ1v) is 10.2. The van der Waals surface area contributed by atoms with Gasteiger partial charge in [0.15, 0.2) is 0 Å². The second-order valence-electron chi connectivity index (χ2n) is 6.96. The van der Waals surface area contributed by atoms with Crippen LogP contribution in [0.5, 0.6) is 5.75 Å². The maximum Gasteiger partial charge on any atom is 0.349 e. The summed E-state index contributed by atoms with van der Waals surface area (Å²) >= 11 is 1.24. The van der Waals surface area contributed by atoms with Gasteiger partial charge in [0.25, 0.3) is 5.56 Å². The van der Waals surface area contributed by atoms with Crippen LogP contribution in [0.2, 0.25) is 0 Å². The lowest BCUT2D eigenvalue weighted by Crippen LogP contribution is -2.24. The Kier molecular flexibility index (Phi) is 5.17. The molecule has 4 rings (SSSR count). The van der Waals surface area contributed by atoms with Crippen LogP contribution < -0.4 is 10.3 Å². The van der Waals surface area contributed by atoms with E-state index in [0.29, 0.717) is 33.0 Å². The number of hydrogen-bond acceptors (Lipinski definition) is 6. The van der Waals surface area contributed by atoms with Gasteiger partial charge in [0.2, 0.25) is 0 Å². The van der Waals surface area contributed by atoms with E-state index in [4.69, 9.17) is 14.5 Å². The third-order valence-corrected chi connectivity index (χ3v) is 6.27. The van der Waals surface area contributed by atoms with Crippen LogP contribution >= 0.6 is 11.3 Å². The average Bonchev–Trinajstić information content (AvgIpc) is 2.88. The van der Waals surface area contributed by atoms with Crippen molar-refractivity contribution >= 4 is 27.5 Å². The normalized spacial score (nSPS) is 13.8. The van der Waals surface area contributed by atoms with Crippen LogP contribution in [0.15, 0.2) is 29.1 Å². The Bertz CT molecular complexity index is 1100. The lowest BCUT2D eigenvalue weighted by Gasteiger charge is -2.08. The molecule has 28 heavy (non-hydrogen) atoms. The van der Waals surface area contributed by atoms with E-state index in [1.807, 2.05) is 24.3 Å². The molecule has 0 radical (unpaired) electrons. The van der Waals surface area contributed by atoms with Gasteiger partial charge in [-0.05, 0) is 43.0 Å². The standard InChI is InChI=1S/C21H22N2O4S/c1-13-17-19(22-16-9-4-3-5-10-23(16)20(17)24)28-18(13)21(25)27-12-14-7-6-8-15(11-14)26-2/h6-8,11H,3-5,9-10,12H2,1-2H3. The third kappa shape index (κ3) is 3.42. The molecule has 146 valence electrons. The summed E-state index contributed by atoms with van der Waals surface area (Å²) in [6.07, 6.45) is 3.94. The van der Waals surface area contributed by atoms with Crippen molar-refractivity contribution in [2.75, 3.05) is 7.11 Å². The minimum atomic E-state index is -0.428. The predicted molar refractivity (Wildman–Crippen MR) is 108 cm³/mol. The Morgan fingerprint density at radius 2 is 2.14 bits per heavy atom. The van der Waals surface area contributed by atoms with Gasteiger partial charge in [-0.15, -0.1) is 11.3 Å². The molecule has 6 nitrogen and oxygen atoms in total. The van der Waals surface area contributed by atoms with E-state index in [-0.39, 0.29) is 12.2 Å². The fraction of sp³-hybridized carbons (Fsp3) is 0.381. The average molecular weight is 398 g/mol. The highest BCUT2D eigenvalue weighted by Crippen LogP contribution is 2.29. The highest BCUT2D eigenvalue weighted by molar-refractivity contribution is 7.20. The summed E-state index contributed by atoms with van der Waals surface area (Å²) < 4.78 is 12.5. The fourth-order valence-electron chi connectivity index (χ4n) is 3.58. The molecule has 3 aromatic rings. The van der Waals surface area contributed by atoms with Crippen LogP contribution in [-0.2, 0) is 24.3 Å². The van der Waals surface area contributed by atoms with Gasteiger partial charge < -0.3 is 9.47 Å². The molecule has 0 amide bonds. The van der Waals surface area contributed by atoms with E-state index in [0.717, 1.165) is 37.1 Å². The number of hydrogen-bond donors (Lipinski definition) is 0. The van der Waals surface area contributed by atoms with Crippen LogP contribution in [0.4, 0.5) is 0 Å². The predicted octanol–water partition coefficient (Wildman–Crippen LogP) is 3.86. The van der Waals surface area contributed by atoms with Crippen molar-refractivity contribution in [1.82, 2.24) is 9.55 Å². The van der Waals surface area contributed by atoms with Gasteiger partial charge in [0.05, 0.1) is 12.5 Å². The molecular formula is C21H22N2O4S. The minimum Gasteiger partial charge on any atom is -0.497 e. The molecule has 3 heterocycles. The van der Waals surface area contributed by atoms with Gasteiger partial charge in [-0.3, -0.25) is 9.36 Å². The van der Waals surface area contributed by atoms with Crippen LogP contribution in [0.25, 0.3) is 10.2 Å². The van der Waals surface area contributed by atoms with Gasteiger partial charge in [-0.25, -0.2) is 9.78 Å². The van der Waals surface area contributed by atoms with E-state index < -0.39 is 5.97 Å².